The molecule has 1 aliphatic rings. The van der Waals surface area contributed by atoms with Crippen LogP contribution in [0.2, 0.25) is 0 Å². The zero-order chi connectivity index (χ0) is 20.8. The predicted molar refractivity (Wildman–Crippen MR) is 111 cm³/mol. The molecule has 1 fully saturated rings. The molecule has 0 spiro atoms. The summed E-state index contributed by atoms with van der Waals surface area (Å²) in [5.41, 5.74) is 2.67. The summed E-state index contributed by atoms with van der Waals surface area (Å²) in [5.74, 6) is 0.391. The van der Waals surface area contributed by atoms with Crippen molar-refractivity contribution in [1.82, 2.24) is 10.2 Å². The standard InChI is InChI=1S/C23H28N2O4/c1-16(22(27)24-15-17-3-5-20(6-4-17)23(28)29-2)25-13-11-19(12-14-25)18-7-9-21(26)10-8-18/h3-10,16,19,26H,11-15H2,1-2H3,(H,24,27). The molecule has 0 aliphatic carbocycles. The summed E-state index contributed by atoms with van der Waals surface area (Å²) >= 11 is 0. The average molecular weight is 396 g/mol. The first-order valence-electron chi connectivity index (χ1n) is 9.96. The number of hydrogen-bond donors (Lipinski definition) is 2. The van der Waals surface area contributed by atoms with Crippen molar-refractivity contribution in [3.05, 3.63) is 65.2 Å². The van der Waals surface area contributed by atoms with E-state index < -0.39 is 0 Å². The lowest BCUT2D eigenvalue weighted by atomic mass is 9.89. The molecule has 29 heavy (non-hydrogen) atoms. The lowest BCUT2D eigenvalue weighted by Crippen LogP contribution is -2.47. The molecular formula is C23H28N2O4. The fraction of sp³-hybridized carbons (Fsp3) is 0.391. The van der Waals surface area contributed by atoms with Crippen LogP contribution >= 0.6 is 0 Å². The van der Waals surface area contributed by atoms with Gasteiger partial charge in [-0.15, -0.1) is 0 Å². The molecule has 0 aromatic heterocycles. The van der Waals surface area contributed by atoms with Crippen LogP contribution in [0.5, 0.6) is 5.75 Å². The Balaban J connectivity index is 1.47. The number of carbonyl (C=O) groups is 2. The number of ether oxygens (including phenoxy) is 1. The molecule has 0 radical (unpaired) electrons. The van der Waals surface area contributed by atoms with Crippen molar-refractivity contribution in [3.8, 4) is 5.75 Å². The van der Waals surface area contributed by atoms with Gasteiger partial charge in [-0.05, 0) is 74.2 Å². The molecule has 3 rings (SSSR count). The first kappa shape index (κ1) is 20.9. The number of methoxy groups -OCH3 is 1. The molecule has 0 saturated carbocycles. The fourth-order valence-electron chi connectivity index (χ4n) is 3.75. The molecule has 2 aromatic carbocycles. The number of aromatic hydroxyl groups is 1. The van der Waals surface area contributed by atoms with E-state index in [1.807, 2.05) is 31.2 Å². The number of phenolic OH excluding ortho intramolecular Hbond substituents is 1. The van der Waals surface area contributed by atoms with E-state index in [1.54, 1.807) is 24.3 Å². The van der Waals surface area contributed by atoms with Crippen molar-refractivity contribution in [1.29, 1.82) is 0 Å². The zero-order valence-electron chi connectivity index (χ0n) is 16.9. The van der Waals surface area contributed by atoms with Crippen molar-refractivity contribution < 1.29 is 19.4 Å². The summed E-state index contributed by atoms with van der Waals surface area (Å²) in [6, 6.07) is 14.3. The van der Waals surface area contributed by atoms with Crippen LogP contribution < -0.4 is 5.32 Å². The number of carbonyl (C=O) groups excluding carboxylic acids is 2. The Morgan fingerprint density at radius 2 is 1.72 bits per heavy atom. The largest absolute Gasteiger partial charge is 0.508 e. The van der Waals surface area contributed by atoms with Gasteiger partial charge in [0.05, 0.1) is 18.7 Å². The van der Waals surface area contributed by atoms with Gasteiger partial charge in [0.2, 0.25) is 5.91 Å². The van der Waals surface area contributed by atoms with Crippen molar-refractivity contribution in [2.45, 2.75) is 38.3 Å². The van der Waals surface area contributed by atoms with Gasteiger partial charge in [0.25, 0.3) is 0 Å². The average Bonchev–Trinajstić information content (AvgIpc) is 2.77. The molecule has 1 atom stereocenters. The van der Waals surface area contributed by atoms with Crippen LogP contribution in [0.25, 0.3) is 0 Å². The Hall–Kier alpha value is -2.86. The van der Waals surface area contributed by atoms with Gasteiger partial charge in [-0.3, -0.25) is 9.69 Å². The third-order valence-corrected chi connectivity index (χ3v) is 5.66. The third-order valence-electron chi connectivity index (χ3n) is 5.66. The van der Waals surface area contributed by atoms with Gasteiger partial charge >= 0.3 is 5.97 Å². The maximum absolute atomic E-state index is 12.6. The molecule has 2 aromatic rings. The molecule has 1 aliphatic heterocycles. The van der Waals surface area contributed by atoms with Crippen LogP contribution in [0.15, 0.2) is 48.5 Å². The third kappa shape index (κ3) is 5.35. The highest BCUT2D eigenvalue weighted by Gasteiger charge is 2.27. The van der Waals surface area contributed by atoms with Crippen LogP contribution in [0, 0.1) is 0 Å². The smallest absolute Gasteiger partial charge is 0.337 e. The van der Waals surface area contributed by atoms with Gasteiger partial charge in [0.15, 0.2) is 0 Å². The summed E-state index contributed by atoms with van der Waals surface area (Å²) < 4.78 is 4.69. The number of piperidine rings is 1. The summed E-state index contributed by atoms with van der Waals surface area (Å²) in [4.78, 5) is 26.3. The first-order chi connectivity index (χ1) is 14.0. The predicted octanol–water partition coefficient (Wildman–Crippen LogP) is 3.06. The molecule has 6 nitrogen and oxygen atoms in total. The van der Waals surface area contributed by atoms with E-state index in [-0.39, 0.29) is 23.7 Å². The first-order valence-corrected chi connectivity index (χ1v) is 9.96. The minimum atomic E-state index is -0.370. The Bertz CT molecular complexity index is 825. The van der Waals surface area contributed by atoms with E-state index in [9.17, 15) is 14.7 Å². The molecule has 0 bridgehead atoms. The van der Waals surface area contributed by atoms with E-state index in [1.165, 1.54) is 12.7 Å². The Morgan fingerprint density at radius 3 is 2.31 bits per heavy atom. The lowest BCUT2D eigenvalue weighted by Gasteiger charge is -2.35. The van der Waals surface area contributed by atoms with Crippen molar-refractivity contribution in [2.24, 2.45) is 0 Å². The highest BCUT2D eigenvalue weighted by molar-refractivity contribution is 5.89. The number of nitrogens with one attached hydrogen (secondary N) is 1. The number of phenols is 1. The van der Waals surface area contributed by atoms with Crippen molar-refractivity contribution >= 4 is 11.9 Å². The van der Waals surface area contributed by atoms with E-state index in [4.69, 9.17) is 0 Å². The van der Waals surface area contributed by atoms with Crippen molar-refractivity contribution in [3.63, 3.8) is 0 Å². The second-order valence-corrected chi connectivity index (χ2v) is 7.48. The summed E-state index contributed by atoms with van der Waals surface area (Å²) in [6.45, 7) is 4.10. The van der Waals surface area contributed by atoms with Crippen LogP contribution in [0.1, 0.15) is 47.2 Å². The van der Waals surface area contributed by atoms with E-state index >= 15 is 0 Å². The Kier molecular flexibility index (Phi) is 6.88. The van der Waals surface area contributed by atoms with Crippen LogP contribution in [-0.2, 0) is 16.1 Å². The van der Waals surface area contributed by atoms with Gasteiger partial charge < -0.3 is 15.2 Å². The zero-order valence-corrected chi connectivity index (χ0v) is 16.9. The maximum Gasteiger partial charge on any atom is 0.337 e. The topological polar surface area (TPSA) is 78.9 Å². The maximum atomic E-state index is 12.6. The number of esters is 1. The highest BCUT2D eigenvalue weighted by atomic mass is 16.5. The number of hydrogen-bond acceptors (Lipinski definition) is 5. The number of rotatable bonds is 6. The molecule has 1 saturated heterocycles. The molecule has 2 N–H and O–H groups in total. The summed E-state index contributed by atoms with van der Waals surface area (Å²) in [5, 5.41) is 12.4. The van der Waals surface area contributed by atoms with E-state index in [0.717, 1.165) is 31.5 Å². The van der Waals surface area contributed by atoms with Crippen molar-refractivity contribution in [2.75, 3.05) is 20.2 Å². The molecule has 1 heterocycles. The second kappa shape index (κ2) is 9.56. The number of nitrogens with zero attached hydrogens (tertiary/aromatic N) is 1. The second-order valence-electron chi connectivity index (χ2n) is 7.48. The minimum absolute atomic E-state index is 0.00475. The molecule has 1 unspecified atom stereocenters. The van der Waals surface area contributed by atoms with Gasteiger partial charge in [-0.2, -0.15) is 0 Å². The van der Waals surface area contributed by atoms with Gasteiger partial charge in [-0.25, -0.2) is 4.79 Å². The van der Waals surface area contributed by atoms with Gasteiger partial charge in [0, 0.05) is 6.54 Å². The minimum Gasteiger partial charge on any atom is -0.508 e. The van der Waals surface area contributed by atoms with Crippen LogP contribution in [0.4, 0.5) is 0 Å². The normalized spacial score (nSPS) is 16.2. The SMILES string of the molecule is COC(=O)c1ccc(CNC(=O)C(C)N2CCC(c3ccc(O)cc3)CC2)cc1. The molecular weight excluding hydrogens is 368 g/mol. The fourth-order valence-corrected chi connectivity index (χ4v) is 3.75. The Morgan fingerprint density at radius 1 is 1.10 bits per heavy atom. The molecule has 154 valence electrons. The summed E-state index contributed by atoms with van der Waals surface area (Å²) in [6.07, 6.45) is 1.99. The highest BCUT2D eigenvalue weighted by Crippen LogP contribution is 2.29. The van der Waals surface area contributed by atoms with Crippen LogP contribution in [0.3, 0.4) is 0 Å². The summed E-state index contributed by atoms with van der Waals surface area (Å²) in [7, 11) is 1.35. The van der Waals surface area contributed by atoms with Gasteiger partial charge in [0.1, 0.15) is 5.75 Å². The lowest BCUT2D eigenvalue weighted by molar-refractivity contribution is -0.126. The van der Waals surface area contributed by atoms with E-state index in [2.05, 4.69) is 15.0 Å². The Labute approximate surface area is 171 Å². The number of likely N-dealkylation sites (tertiary alicyclic amines) is 1. The number of amides is 1. The van der Waals surface area contributed by atoms with E-state index in [0.29, 0.717) is 18.0 Å². The molecule has 6 heteroatoms. The monoisotopic (exact) mass is 396 g/mol. The number of benzene rings is 2. The van der Waals surface area contributed by atoms with Gasteiger partial charge in [-0.1, -0.05) is 24.3 Å². The quantitative estimate of drug-likeness (QED) is 0.734. The molecule has 1 amide bonds. The van der Waals surface area contributed by atoms with Crippen LogP contribution in [-0.4, -0.2) is 48.1 Å².